The summed E-state index contributed by atoms with van der Waals surface area (Å²) in [5.41, 5.74) is 1.40. The molecule has 0 heterocycles. The van der Waals surface area contributed by atoms with E-state index >= 15 is 0 Å². The van der Waals surface area contributed by atoms with Gasteiger partial charge in [-0.05, 0) is 30.5 Å². The van der Waals surface area contributed by atoms with Crippen molar-refractivity contribution in [3.05, 3.63) is 29.8 Å². The Labute approximate surface area is 106 Å². The maximum absolute atomic E-state index is 5.23. The molecule has 1 rings (SSSR count). The highest BCUT2D eigenvalue weighted by molar-refractivity contribution is 5.28. The summed E-state index contributed by atoms with van der Waals surface area (Å²) in [4.78, 5) is 0. The van der Waals surface area contributed by atoms with Crippen molar-refractivity contribution in [1.82, 2.24) is 0 Å². The molecule has 0 spiro atoms. The molecule has 0 radical (unpaired) electrons. The third kappa shape index (κ3) is 6.35. The molecule has 96 valence electrons. The zero-order valence-corrected chi connectivity index (χ0v) is 11.4. The lowest BCUT2D eigenvalue weighted by Crippen LogP contribution is -1.88. The second kappa shape index (κ2) is 9.09. The first-order valence-electron chi connectivity index (χ1n) is 6.99. The van der Waals surface area contributed by atoms with Crippen LogP contribution >= 0.6 is 0 Å². The van der Waals surface area contributed by atoms with E-state index in [2.05, 4.69) is 25.1 Å². The lowest BCUT2D eigenvalue weighted by molar-refractivity contribution is 0.414. The molecular weight excluding hydrogens is 208 g/mol. The van der Waals surface area contributed by atoms with Gasteiger partial charge >= 0.3 is 0 Å². The van der Waals surface area contributed by atoms with Crippen LogP contribution in [0.15, 0.2) is 24.3 Å². The number of unbranched alkanes of at least 4 members (excludes halogenated alkanes) is 6. The van der Waals surface area contributed by atoms with Crippen LogP contribution in [0.5, 0.6) is 5.75 Å². The van der Waals surface area contributed by atoms with Crippen LogP contribution in [0, 0.1) is 0 Å². The molecule has 0 aliphatic heterocycles. The van der Waals surface area contributed by atoms with Gasteiger partial charge in [0.1, 0.15) is 5.75 Å². The summed E-state index contributed by atoms with van der Waals surface area (Å²) in [6, 6.07) is 8.43. The molecule has 1 aromatic carbocycles. The van der Waals surface area contributed by atoms with Gasteiger partial charge in [0.2, 0.25) is 0 Å². The van der Waals surface area contributed by atoms with Gasteiger partial charge in [-0.15, -0.1) is 0 Å². The molecule has 0 aromatic heterocycles. The number of hydrogen-bond acceptors (Lipinski definition) is 1. The summed E-state index contributed by atoms with van der Waals surface area (Å²) >= 11 is 0. The minimum absolute atomic E-state index is 0.977. The summed E-state index contributed by atoms with van der Waals surface area (Å²) in [5, 5.41) is 0. The van der Waals surface area contributed by atoms with Crippen molar-refractivity contribution >= 4 is 0 Å². The Morgan fingerprint density at radius 3 is 2.35 bits per heavy atom. The Balaban J connectivity index is 2.09. The van der Waals surface area contributed by atoms with E-state index in [1.807, 2.05) is 6.07 Å². The molecule has 0 saturated heterocycles. The number of benzene rings is 1. The number of methoxy groups -OCH3 is 1. The topological polar surface area (TPSA) is 9.23 Å². The van der Waals surface area contributed by atoms with Gasteiger partial charge < -0.3 is 4.74 Å². The first-order valence-corrected chi connectivity index (χ1v) is 6.99. The summed E-state index contributed by atoms with van der Waals surface area (Å²) in [7, 11) is 1.73. The third-order valence-electron chi connectivity index (χ3n) is 3.20. The number of rotatable bonds is 9. The molecule has 0 fully saturated rings. The Morgan fingerprint density at radius 2 is 1.65 bits per heavy atom. The third-order valence-corrected chi connectivity index (χ3v) is 3.20. The van der Waals surface area contributed by atoms with Crippen LogP contribution < -0.4 is 4.74 Å². The number of ether oxygens (including phenoxy) is 1. The van der Waals surface area contributed by atoms with Crippen molar-refractivity contribution < 1.29 is 4.74 Å². The smallest absolute Gasteiger partial charge is 0.119 e. The zero-order chi connectivity index (χ0) is 12.3. The van der Waals surface area contributed by atoms with Crippen molar-refractivity contribution in [2.24, 2.45) is 0 Å². The molecule has 1 aromatic rings. The van der Waals surface area contributed by atoms with Gasteiger partial charge in [0.15, 0.2) is 0 Å². The lowest BCUT2D eigenvalue weighted by atomic mass is 10.0. The van der Waals surface area contributed by atoms with Crippen LogP contribution in [0.4, 0.5) is 0 Å². The molecule has 0 amide bonds. The van der Waals surface area contributed by atoms with E-state index in [1.165, 1.54) is 56.9 Å². The van der Waals surface area contributed by atoms with Gasteiger partial charge in [-0.3, -0.25) is 0 Å². The van der Waals surface area contributed by atoms with Crippen LogP contribution in [0.1, 0.15) is 57.4 Å². The van der Waals surface area contributed by atoms with E-state index in [9.17, 15) is 0 Å². The Bertz CT molecular complexity index is 293. The van der Waals surface area contributed by atoms with Gasteiger partial charge in [-0.2, -0.15) is 0 Å². The van der Waals surface area contributed by atoms with Crippen LogP contribution in [0.25, 0.3) is 0 Å². The fraction of sp³-hybridized carbons (Fsp3) is 0.625. The van der Waals surface area contributed by atoms with E-state index in [1.54, 1.807) is 7.11 Å². The van der Waals surface area contributed by atoms with E-state index < -0.39 is 0 Å². The lowest BCUT2D eigenvalue weighted by Gasteiger charge is -2.04. The van der Waals surface area contributed by atoms with Gasteiger partial charge in [0.25, 0.3) is 0 Å². The average Bonchev–Trinajstić information content (AvgIpc) is 2.38. The predicted octanol–water partition coefficient (Wildman–Crippen LogP) is 4.99. The molecule has 1 nitrogen and oxygen atoms in total. The van der Waals surface area contributed by atoms with Crippen LogP contribution in [0.3, 0.4) is 0 Å². The van der Waals surface area contributed by atoms with Crippen LogP contribution in [0.2, 0.25) is 0 Å². The van der Waals surface area contributed by atoms with Crippen molar-refractivity contribution in [2.75, 3.05) is 7.11 Å². The van der Waals surface area contributed by atoms with Crippen LogP contribution in [-0.2, 0) is 6.42 Å². The zero-order valence-electron chi connectivity index (χ0n) is 11.4. The second-order valence-corrected chi connectivity index (χ2v) is 4.72. The van der Waals surface area contributed by atoms with Crippen molar-refractivity contribution in [2.45, 2.75) is 58.3 Å². The highest BCUT2D eigenvalue weighted by atomic mass is 16.5. The molecule has 17 heavy (non-hydrogen) atoms. The molecule has 0 aliphatic carbocycles. The van der Waals surface area contributed by atoms with Crippen molar-refractivity contribution in [1.29, 1.82) is 0 Å². The molecule has 0 saturated carbocycles. The van der Waals surface area contributed by atoms with E-state index in [-0.39, 0.29) is 0 Å². The van der Waals surface area contributed by atoms with Gasteiger partial charge in [0, 0.05) is 0 Å². The van der Waals surface area contributed by atoms with E-state index in [0.29, 0.717) is 0 Å². The standard InChI is InChI=1S/C16H26O/c1-3-4-5-6-7-8-9-11-15-12-10-13-16(14-15)17-2/h10,12-14H,3-9,11H2,1-2H3. The fourth-order valence-corrected chi connectivity index (χ4v) is 2.11. The molecule has 1 heteroatoms. The molecule has 0 atom stereocenters. The first kappa shape index (κ1) is 14.1. The highest BCUT2D eigenvalue weighted by Crippen LogP contribution is 2.15. The summed E-state index contributed by atoms with van der Waals surface area (Å²) in [6.07, 6.45) is 10.8. The number of aryl methyl sites for hydroxylation is 1. The minimum Gasteiger partial charge on any atom is -0.497 e. The molecular formula is C16H26O. The normalized spacial score (nSPS) is 10.5. The summed E-state index contributed by atoms with van der Waals surface area (Å²) in [6.45, 7) is 2.27. The summed E-state index contributed by atoms with van der Waals surface area (Å²) in [5.74, 6) is 0.977. The maximum Gasteiger partial charge on any atom is 0.119 e. The summed E-state index contributed by atoms with van der Waals surface area (Å²) < 4.78 is 5.23. The van der Waals surface area contributed by atoms with Crippen molar-refractivity contribution in [3.63, 3.8) is 0 Å². The highest BCUT2D eigenvalue weighted by Gasteiger charge is 1.96. The Hall–Kier alpha value is -0.980. The minimum atomic E-state index is 0.977. The largest absolute Gasteiger partial charge is 0.497 e. The SMILES string of the molecule is CCCCCCCCCc1cccc(OC)c1. The van der Waals surface area contributed by atoms with Crippen molar-refractivity contribution in [3.8, 4) is 5.75 Å². The first-order chi connectivity index (χ1) is 8.36. The Kier molecular flexibility index (Phi) is 7.53. The second-order valence-electron chi connectivity index (χ2n) is 4.72. The number of hydrogen-bond donors (Lipinski definition) is 0. The molecule has 0 N–H and O–H groups in total. The molecule has 0 aliphatic rings. The van der Waals surface area contributed by atoms with E-state index in [4.69, 9.17) is 4.74 Å². The monoisotopic (exact) mass is 234 g/mol. The van der Waals surface area contributed by atoms with Gasteiger partial charge in [-0.1, -0.05) is 57.6 Å². The predicted molar refractivity (Wildman–Crippen MR) is 74.7 cm³/mol. The Morgan fingerprint density at radius 1 is 0.941 bits per heavy atom. The van der Waals surface area contributed by atoms with Gasteiger partial charge in [0.05, 0.1) is 7.11 Å². The molecule has 0 bridgehead atoms. The van der Waals surface area contributed by atoms with Crippen LogP contribution in [-0.4, -0.2) is 7.11 Å². The average molecular weight is 234 g/mol. The van der Waals surface area contributed by atoms with E-state index in [0.717, 1.165) is 5.75 Å². The maximum atomic E-state index is 5.23. The molecule has 0 unspecified atom stereocenters. The fourth-order valence-electron chi connectivity index (χ4n) is 2.11. The quantitative estimate of drug-likeness (QED) is 0.547. The van der Waals surface area contributed by atoms with Gasteiger partial charge in [-0.25, -0.2) is 0 Å².